The Morgan fingerprint density at radius 1 is 1.07 bits per heavy atom. The highest BCUT2D eigenvalue weighted by Crippen LogP contribution is 2.37. The van der Waals surface area contributed by atoms with Gasteiger partial charge in [-0.3, -0.25) is 9.59 Å². The number of amides is 2. The van der Waals surface area contributed by atoms with Crippen molar-refractivity contribution < 1.29 is 32.9 Å². The van der Waals surface area contributed by atoms with Gasteiger partial charge in [0.25, 0.3) is 5.91 Å². The quantitative estimate of drug-likeness (QED) is 0.195. The molecule has 46 heavy (non-hydrogen) atoms. The van der Waals surface area contributed by atoms with E-state index in [0.717, 1.165) is 24.8 Å². The summed E-state index contributed by atoms with van der Waals surface area (Å²) in [5.41, 5.74) is 1.80. The Balaban J connectivity index is 1.46. The number of hydrogen-bond acceptors (Lipinski definition) is 9. The molecule has 0 aliphatic carbocycles. The highest BCUT2D eigenvalue weighted by atomic mass is 19.1. The predicted molar refractivity (Wildman–Crippen MR) is 172 cm³/mol. The van der Waals surface area contributed by atoms with Gasteiger partial charge in [-0.15, -0.1) is 0 Å². The van der Waals surface area contributed by atoms with Crippen molar-refractivity contribution in [2.24, 2.45) is 0 Å². The van der Waals surface area contributed by atoms with Crippen LogP contribution < -0.4 is 24.8 Å². The summed E-state index contributed by atoms with van der Waals surface area (Å²) in [6, 6.07) is 12.3. The second-order valence-corrected chi connectivity index (χ2v) is 11.1. The zero-order chi connectivity index (χ0) is 32.6. The number of methoxy groups -OCH3 is 3. The van der Waals surface area contributed by atoms with Crippen LogP contribution in [-0.4, -0.2) is 80.3 Å². The van der Waals surface area contributed by atoms with Crippen LogP contribution in [0.5, 0.6) is 17.2 Å². The van der Waals surface area contributed by atoms with Crippen LogP contribution in [0.2, 0.25) is 0 Å². The molecule has 0 bridgehead atoms. The maximum Gasteiger partial charge on any atom is 0.258 e. The predicted octanol–water partition coefficient (Wildman–Crippen LogP) is 5.14. The molecule has 1 atom stereocenters. The van der Waals surface area contributed by atoms with Gasteiger partial charge < -0.3 is 39.4 Å². The van der Waals surface area contributed by atoms with Crippen LogP contribution in [0.4, 0.5) is 21.7 Å². The number of anilines is 3. The first-order valence-corrected chi connectivity index (χ1v) is 15.2. The highest BCUT2D eigenvalue weighted by molar-refractivity contribution is 6.03. The molecule has 3 aromatic rings. The van der Waals surface area contributed by atoms with E-state index in [-0.39, 0.29) is 53.7 Å². The smallest absolute Gasteiger partial charge is 0.258 e. The van der Waals surface area contributed by atoms with Gasteiger partial charge in [-0.05, 0) is 61.7 Å². The summed E-state index contributed by atoms with van der Waals surface area (Å²) in [7, 11) is 4.72. The Kier molecular flexibility index (Phi) is 10.6. The summed E-state index contributed by atoms with van der Waals surface area (Å²) in [4.78, 5) is 34.2. The van der Waals surface area contributed by atoms with Crippen LogP contribution in [0.25, 0.3) is 0 Å². The number of halogens is 1. The standard InChI is InChI=1S/C34H40FN5O6/c1-5-29(41)39-15-7-6-8-24(20-39)37-33-31(35)27-21-40(19-22-9-12-26(44-3)18-28(22)45-4)34(42)30(27)32(38-33)36-23-10-13-25(14-11-23)46-17-16-43-2/h5,9-14,18,24H,1,6-8,15-17,19-21H2,2-4H3,(H2,36,37,38). The van der Waals surface area contributed by atoms with Crippen molar-refractivity contribution in [1.82, 2.24) is 14.8 Å². The van der Waals surface area contributed by atoms with E-state index >= 15 is 4.39 Å². The summed E-state index contributed by atoms with van der Waals surface area (Å²) < 4.78 is 37.9. The molecule has 2 aliphatic rings. The number of carbonyl (C=O) groups is 2. The molecule has 2 N–H and O–H groups in total. The molecule has 11 nitrogen and oxygen atoms in total. The van der Waals surface area contributed by atoms with Crippen LogP contribution in [0.3, 0.4) is 0 Å². The van der Waals surface area contributed by atoms with E-state index in [1.807, 2.05) is 6.07 Å². The number of benzene rings is 2. The molecule has 2 aromatic carbocycles. The van der Waals surface area contributed by atoms with Gasteiger partial charge in [0.05, 0.1) is 32.9 Å². The van der Waals surface area contributed by atoms with Gasteiger partial charge >= 0.3 is 0 Å². The monoisotopic (exact) mass is 633 g/mol. The third-order valence-electron chi connectivity index (χ3n) is 8.11. The Bertz CT molecular complexity index is 1570. The molecule has 2 amide bonds. The lowest BCUT2D eigenvalue weighted by atomic mass is 10.1. The van der Waals surface area contributed by atoms with Gasteiger partial charge in [0.15, 0.2) is 11.6 Å². The molecule has 5 rings (SSSR count). The second kappa shape index (κ2) is 15.0. The molecule has 3 heterocycles. The SMILES string of the molecule is C=CC(=O)N1CCCCC(Nc2nc(Nc3ccc(OCCOC)cc3)c3c(c2F)CN(Cc2ccc(OC)cc2OC)C3=O)C1. The average molecular weight is 634 g/mol. The highest BCUT2D eigenvalue weighted by Gasteiger charge is 2.36. The van der Waals surface area contributed by atoms with Crippen LogP contribution in [0, 0.1) is 5.82 Å². The Morgan fingerprint density at radius 2 is 1.85 bits per heavy atom. The summed E-state index contributed by atoms with van der Waals surface area (Å²) in [6.45, 7) is 5.71. The van der Waals surface area contributed by atoms with E-state index in [1.165, 1.54) is 6.08 Å². The van der Waals surface area contributed by atoms with Gasteiger partial charge in [-0.2, -0.15) is 0 Å². The van der Waals surface area contributed by atoms with Crippen molar-refractivity contribution in [3.8, 4) is 17.2 Å². The van der Waals surface area contributed by atoms with E-state index in [2.05, 4.69) is 22.2 Å². The molecular formula is C34H40FN5O6. The fraction of sp³-hybridized carbons (Fsp3) is 0.382. The lowest BCUT2D eigenvalue weighted by molar-refractivity contribution is -0.126. The minimum Gasteiger partial charge on any atom is -0.497 e. The lowest BCUT2D eigenvalue weighted by Crippen LogP contribution is -2.38. The third kappa shape index (κ3) is 7.34. The Morgan fingerprint density at radius 3 is 2.57 bits per heavy atom. The van der Waals surface area contributed by atoms with E-state index in [4.69, 9.17) is 18.9 Å². The topological polar surface area (TPSA) is 114 Å². The minimum atomic E-state index is -0.592. The largest absolute Gasteiger partial charge is 0.497 e. The number of fused-ring (bicyclic) bond motifs is 1. The number of nitrogens with zero attached hydrogens (tertiary/aromatic N) is 3. The van der Waals surface area contributed by atoms with E-state index in [0.29, 0.717) is 49.2 Å². The van der Waals surface area contributed by atoms with Crippen molar-refractivity contribution in [2.45, 2.75) is 38.4 Å². The van der Waals surface area contributed by atoms with Gasteiger partial charge in [0.1, 0.15) is 29.7 Å². The van der Waals surface area contributed by atoms with Gasteiger partial charge in [0.2, 0.25) is 5.91 Å². The zero-order valence-corrected chi connectivity index (χ0v) is 26.4. The number of pyridine rings is 1. The van der Waals surface area contributed by atoms with Crippen molar-refractivity contribution in [1.29, 1.82) is 0 Å². The van der Waals surface area contributed by atoms with E-state index in [9.17, 15) is 9.59 Å². The number of hydrogen-bond donors (Lipinski definition) is 2. The Hall–Kier alpha value is -4.84. The number of likely N-dealkylation sites (tertiary alicyclic amines) is 1. The lowest BCUT2D eigenvalue weighted by Gasteiger charge is -2.25. The minimum absolute atomic E-state index is 0.0235. The van der Waals surface area contributed by atoms with Crippen LogP contribution in [0.15, 0.2) is 55.1 Å². The van der Waals surface area contributed by atoms with Crippen LogP contribution in [-0.2, 0) is 22.6 Å². The fourth-order valence-electron chi connectivity index (χ4n) is 5.71. The molecule has 0 radical (unpaired) electrons. The molecule has 1 unspecified atom stereocenters. The number of rotatable bonds is 13. The second-order valence-electron chi connectivity index (χ2n) is 11.1. The summed E-state index contributed by atoms with van der Waals surface area (Å²) in [5.74, 6) is 0.978. The normalized spacial score (nSPS) is 16.0. The summed E-state index contributed by atoms with van der Waals surface area (Å²) >= 11 is 0. The first-order valence-electron chi connectivity index (χ1n) is 15.2. The maximum absolute atomic E-state index is 16.3. The zero-order valence-electron chi connectivity index (χ0n) is 26.4. The average Bonchev–Trinajstić information content (AvgIpc) is 3.23. The van der Waals surface area contributed by atoms with Crippen LogP contribution in [0.1, 0.15) is 40.7 Å². The van der Waals surface area contributed by atoms with Gasteiger partial charge in [-0.25, -0.2) is 9.37 Å². The number of aromatic nitrogens is 1. The number of nitrogens with one attached hydrogen (secondary N) is 2. The number of ether oxygens (including phenoxy) is 4. The molecule has 0 saturated carbocycles. The third-order valence-corrected chi connectivity index (χ3v) is 8.11. The molecule has 244 valence electrons. The molecule has 2 aliphatic heterocycles. The van der Waals surface area contributed by atoms with Crippen molar-refractivity contribution >= 4 is 29.1 Å². The van der Waals surface area contributed by atoms with Crippen LogP contribution >= 0.6 is 0 Å². The number of carbonyl (C=O) groups excluding carboxylic acids is 2. The van der Waals surface area contributed by atoms with Crippen molar-refractivity contribution in [2.75, 3.05) is 58.3 Å². The van der Waals surface area contributed by atoms with Crippen molar-refractivity contribution in [3.05, 3.63) is 77.6 Å². The van der Waals surface area contributed by atoms with Gasteiger partial charge in [0, 0.05) is 55.7 Å². The van der Waals surface area contributed by atoms with Crippen molar-refractivity contribution in [3.63, 3.8) is 0 Å². The first-order chi connectivity index (χ1) is 22.3. The maximum atomic E-state index is 16.3. The molecule has 1 fully saturated rings. The fourth-order valence-corrected chi connectivity index (χ4v) is 5.71. The molecule has 1 aromatic heterocycles. The summed E-state index contributed by atoms with van der Waals surface area (Å²) in [6.07, 6.45) is 3.73. The molecule has 1 saturated heterocycles. The molecule has 0 spiro atoms. The van der Waals surface area contributed by atoms with E-state index < -0.39 is 5.82 Å². The first kappa shape index (κ1) is 32.6. The Labute approximate surface area is 268 Å². The summed E-state index contributed by atoms with van der Waals surface area (Å²) in [5, 5.41) is 6.49. The molecule has 12 heteroatoms. The van der Waals surface area contributed by atoms with Gasteiger partial charge in [-0.1, -0.05) is 6.58 Å². The molecular weight excluding hydrogens is 593 g/mol. The van der Waals surface area contributed by atoms with E-state index in [1.54, 1.807) is 67.5 Å².